The summed E-state index contributed by atoms with van der Waals surface area (Å²) in [4.78, 5) is 10.4. The Labute approximate surface area is 405 Å². The summed E-state index contributed by atoms with van der Waals surface area (Å²) >= 11 is 0. The van der Waals surface area contributed by atoms with Gasteiger partial charge in [0.15, 0.2) is 0 Å². The van der Waals surface area contributed by atoms with Crippen molar-refractivity contribution < 1.29 is 0 Å². The molecule has 5 nitrogen and oxygen atoms in total. The Morgan fingerprint density at radius 2 is 0.900 bits per heavy atom. The third kappa shape index (κ3) is 6.78. The number of nitrogens with zero attached hydrogens (tertiary/aromatic N) is 5. The van der Waals surface area contributed by atoms with Gasteiger partial charge in [-0.25, -0.2) is 9.98 Å². The molecule has 0 amide bonds. The smallest absolute Gasteiger partial charge is 0.130 e. The average molecular weight is 896 g/mol. The Morgan fingerprint density at radius 3 is 1.54 bits per heavy atom. The molecule has 0 aliphatic heterocycles. The minimum Gasteiger partial charge on any atom is -0.309 e. The van der Waals surface area contributed by atoms with Crippen LogP contribution in [0.15, 0.2) is 248 Å². The fourth-order valence-corrected chi connectivity index (χ4v) is 10.5. The van der Waals surface area contributed by atoms with Crippen LogP contribution >= 0.6 is 0 Å². The van der Waals surface area contributed by atoms with Crippen molar-refractivity contribution in [3.63, 3.8) is 0 Å². The molecule has 0 bridgehead atoms. The van der Waals surface area contributed by atoms with Crippen LogP contribution in [0.5, 0.6) is 0 Å². The molecule has 330 valence electrons. The van der Waals surface area contributed by atoms with Gasteiger partial charge in [-0.2, -0.15) is 0 Å². The molecule has 0 spiro atoms. The van der Waals surface area contributed by atoms with Crippen molar-refractivity contribution in [1.29, 1.82) is 0 Å². The quantitative estimate of drug-likeness (QED) is 0.133. The summed E-state index contributed by atoms with van der Waals surface area (Å²) in [5.74, 6) is 0.632. The van der Waals surface area contributed by atoms with Crippen LogP contribution in [0.25, 0.3) is 122 Å². The highest BCUT2D eigenvalue weighted by molar-refractivity contribution is 6.15. The molecule has 0 aliphatic rings. The van der Waals surface area contributed by atoms with Crippen LogP contribution in [0.2, 0.25) is 0 Å². The number of hydrogen-bond donors (Lipinski definition) is 0. The first-order chi connectivity index (χ1) is 34.6. The van der Waals surface area contributed by atoms with Crippen LogP contribution in [0, 0.1) is 0 Å². The Hall–Kier alpha value is -9.32. The third-order valence-electron chi connectivity index (χ3n) is 13.8. The van der Waals surface area contributed by atoms with Crippen LogP contribution in [-0.4, -0.2) is 24.9 Å². The van der Waals surface area contributed by atoms with E-state index in [1.54, 1.807) is 0 Å². The zero-order valence-corrected chi connectivity index (χ0v) is 38.5. The molecule has 9 aromatic carbocycles. The number of benzene rings is 9. The maximum absolute atomic E-state index is 5.31. The summed E-state index contributed by atoms with van der Waals surface area (Å²) in [5.41, 5.74) is 18.6. The molecule has 0 saturated heterocycles. The van der Waals surface area contributed by atoms with Crippen molar-refractivity contribution in [1.82, 2.24) is 18.7 Å². The molecule has 0 saturated carbocycles. The lowest BCUT2D eigenvalue weighted by atomic mass is 9.99. The van der Waals surface area contributed by atoms with E-state index in [0.717, 1.165) is 94.2 Å². The van der Waals surface area contributed by atoms with E-state index < -0.39 is 0 Å². The number of hydrogen-bond acceptors (Lipinski definition) is 2. The predicted molar refractivity (Wildman–Crippen MR) is 296 cm³/mol. The largest absolute Gasteiger partial charge is 0.309 e. The first-order valence-electron chi connectivity index (χ1n) is 23.8. The Kier molecular flexibility index (Phi) is 9.80. The van der Waals surface area contributed by atoms with Gasteiger partial charge in [0.25, 0.3) is 0 Å². The lowest BCUT2D eigenvalue weighted by Crippen LogP contribution is -1.95. The zero-order valence-electron chi connectivity index (χ0n) is 38.5. The van der Waals surface area contributed by atoms with Crippen LogP contribution < -0.4 is 0 Å². The molecular formula is C65H45N5. The minimum atomic E-state index is 0.632. The number of para-hydroxylation sites is 4. The number of allylic oxidation sites excluding steroid dienone is 2. The molecule has 5 heteroatoms. The second-order valence-corrected chi connectivity index (χ2v) is 17.8. The third-order valence-corrected chi connectivity index (χ3v) is 13.8. The first-order valence-corrected chi connectivity index (χ1v) is 23.8. The lowest BCUT2D eigenvalue weighted by molar-refractivity contribution is 1.18. The average Bonchev–Trinajstić information content (AvgIpc) is 4.06. The van der Waals surface area contributed by atoms with Gasteiger partial charge in [0.1, 0.15) is 5.82 Å². The number of aliphatic imine (C=N–C) groups is 1. The highest BCUT2D eigenvalue weighted by atomic mass is 15.1. The standard InChI is InChI=1S/C65H45N5/c1-3-44(46-20-17-21-50(38-46)58-33-37-64-65(67-58)54-27-14-16-29-60(54)70(64)52-24-11-6-12-25-52)42-66-43(2)68-61-34-30-47(45-18-7-4-8-19-45)39-56(61)57-41-49(31-35-62(57)68)48-32-36-63-55(40-48)53-26-13-15-28-59(53)69(63)51-22-9-5-10-23-51/h3-42H,2H2,1H3/b44-3+,66-42?. The normalized spacial score (nSPS) is 12.2. The van der Waals surface area contributed by atoms with E-state index in [2.05, 4.69) is 264 Å². The van der Waals surface area contributed by atoms with Crippen molar-refractivity contribution in [2.75, 3.05) is 0 Å². The second kappa shape index (κ2) is 16.8. The van der Waals surface area contributed by atoms with Gasteiger partial charge in [-0.3, -0.25) is 4.57 Å². The molecule has 0 fully saturated rings. The molecular weight excluding hydrogens is 851 g/mol. The topological polar surface area (TPSA) is 40.0 Å². The fourth-order valence-electron chi connectivity index (χ4n) is 10.5. The molecule has 0 radical (unpaired) electrons. The van der Waals surface area contributed by atoms with Gasteiger partial charge >= 0.3 is 0 Å². The van der Waals surface area contributed by atoms with Crippen LogP contribution in [-0.2, 0) is 0 Å². The van der Waals surface area contributed by atoms with Crippen molar-refractivity contribution in [3.8, 4) is 44.9 Å². The van der Waals surface area contributed by atoms with Crippen LogP contribution in [0.4, 0.5) is 0 Å². The molecule has 0 N–H and O–H groups in total. The molecule has 0 atom stereocenters. The van der Waals surface area contributed by atoms with Gasteiger partial charge in [0, 0.05) is 50.1 Å². The van der Waals surface area contributed by atoms with Crippen LogP contribution in [0.3, 0.4) is 0 Å². The summed E-state index contributed by atoms with van der Waals surface area (Å²) < 4.78 is 6.86. The number of rotatable bonds is 9. The second-order valence-electron chi connectivity index (χ2n) is 17.8. The van der Waals surface area contributed by atoms with E-state index in [-0.39, 0.29) is 0 Å². The van der Waals surface area contributed by atoms with E-state index in [1.807, 2.05) is 6.21 Å². The Morgan fingerprint density at radius 1 is 0.414 bits per heavy atom. The molecule has 0 aliphatic carbocycles. The zero-order chi connectivity index (χ0) is 46.7. The molecule has 4 aromatic heterocycles. The van der Waals surface area contributed by atoms with Gasteiger partial charge in [-0.15, -0.1) is 0 Å². The predicted octanol–water partition coefficient (Wildman–Crippen LogP) is 17.0. The van der Waals surface area contributed by atoms with Gasteiger partial charge < -0.3 is 9.13 Å². The summed E-state index contributed by atoms with van der Waals surface area (Å²) in [6.45, 7) is 6.67. The number of aromatic nitrogens is 4. The summed E-state index contributed by atoms with van der Waals surface area (Å²) in [7, 11) is 0. The Bertz CT molecular complexity index is 4240. The summed E-state index contributed by atoms with van der Waals surface area (Å²) in [5, 5.41) is 5.87. The van der Waals surface area contributed by atoms with E-state index in [4.69, 9.17) is 9.98 Å². The maximum Gasteiger partial charge on any atom is 0.130 e. The maximum atomic E-state index is 5.31. The van der Waals surface area contributed by atoms with Gasteiger partial charge in [0.05, 0.1) is 44.3 Å². The number of fused-ring (bicyclic) bond motifs is 9. The van der Waals surface area contributed by atoms with Crippen molar-refractivity contribution >= 4 is 83.2 Å². The van der Waals surface area contributed by atoms with Gasteiger partial charge in [-0.05, 0) is 131 Å². The molecule has 13 rings (SSSR count). The molecule has 70 heavy (non-hydrogen) atoms. The molecule has 0 unspecified atom stereocenters. The molecule has 13 aromatic rings. The van der Waals surface area contributed by atoms with Gasteiger partial charge in [-0.1, -0.05) is 152 Å². The highest BCUT2D eigenvalue weighted by Gasteiger charge is 2.18. The minimum absolute atomic E-state index is 0.632. The summed E-state index contributed by atoms with van der Waals surface area (Å²) in [6, 6.07) is 82.2. The SMILES string of the molecule is C=C(N=C/C(=C\C)c1cccc(-c2ccc3c(n2)c2ccccc2n3-c2ccccc2)c1)n1c2ccc(-c3ccccc3)cc2c2cc(-c3ccc4c(c3)c3ccccc3n4-c3ccccc3)ccc21. The van der Waals surface area contributed by atoms with Crippen molar-refractivity contribution in [3.05, 3.63) is 249 Å². The monoisotopic (exact) mass is 895 g/mol. The fraction of sp³-hybridized carbons (Fsp3) is 0.0154. The van der Waals surface area contributed by atoms with Crippen LogP contribution in [0.1, 0.15) is 12.5 Å². The Balaban J connectivity index is 0.874. The van der Waals surface area contributed by atoms with E-state index in [1.165, 1.54) is 27.4 Å². The molecule has 4 heterocycles. The van der Waals surface area contributed by atoms with E-state index in [0.29, 0.717) is 5.82 Å². The number of pyridine rings is 1. The van der Waals surface area contributed by atoms with E-state index >= 15 is 0 Å². The van der Waals surface area contributed by atoms with E-state index in [9.17, 15) is 0 Å². The van der Waals surface area contributed by atoms with Crippen molar-refractivity contribution in [2.45, 2.75) is 6.92 Å². The van der Waals surface area contributed by atoms with Gasteiger partial charge in [0.2, 0.25) is 0 Å². The van der Waals surface area contributed by atoms with Crippen molar-refractivity contribution in [2.24, 2.45) is 4.99 Å². The lowest BCUT2D eigenvalue weighted by Gasteiger charge is -2.10. The highest BCUT2D eigenvalue weighted by Crippen LogP contribution is 2.40. The first kappa shape index (κ1) is 40.9. The summed E-state index contributed by atoms with van der Waals surface area (Å²) in [6.07, 6.45) is 4.05.